The first-order valence-corrected chi connectivity index (χ1v) is 6.20. The lowest BCUT2D eigenvalue weighted by molar-refractivity contribution is -0.123. The first kappa shape index (κ1) is 14.0. The lowest BCUT2D eigenvalue weighted by Crippen LogP contribution is -2.34. The Kier molecular flexibility index (Phi) is 6.01. The molecule has 0 aliphatic rings. The van der Waals surface area contributed by atoms with Gasteiger partial charge in [0, 0.05) is 30.6 Å². The highest BCUT2D eigenvalue weighted by Gasteiger charge is 2.04. The molecule has 1 aromatic rings. The van der Waals surface area contributed by atoms with Gasteiger partial charge in [-0.2, -0.15) is 0 Å². The van der Waals surface area contributed by atoms with Gasteiger partial charge in [0.15, 0.2) is 0 Å². The summed E-state index contributed by atoms with van der Waals surface area (Å²) in [6, 6.07) is 7.74. The van der Waals surface area contributed by atoms with Gasteiger partial charge in [-0.15, -0.1) is 0 Å². The van der Waals surface area contributed by atoms with Crippen LogP contribution in [-0.2, 0) is 11.3 Å². The topological polar surface area (TPSA) is 41.1 Å². The quantitative estimate of drug-likeness (QED) is 0.765. The van der Waals surface area contributed by atoms with E-state index in [1.54, 1.807) is 0 Å². The molecule has 3 nitrogen and oxygen atoms in total. The van der Waals surface area contributed by atoms with Crippen molar-refractivity contribution < 1.29 is 4.79 Å². The number of benzene rings is 1. The van der Waals surface area contributed by atoms with Crippen LogP contribution >= 0.6 is 11.6 Å². The molecule has 0 heterocycles. The third-order valence-corrected chi connectivity index (χ3v) is 2.58. The van der Waals surface area contributed by atoms with E-state index in [4.69, 9.17) is 11.6 Å². The maximum absolute atomic E-state index is 11.3. The van der Waals surface area contributed by atoms with Gasteiger partial charge in [-0.3, -0.25) is 4.79 Å². The van der Waals surface area contributed by atoms with Crippen LogP contribution in [0.3, 0.4) is 0 Å². The summed E-state index contributed by atoms with van der Waals surface area (Å²) in [5.74, 6) is 0.137. The van der Waals surface area contributed by atoms with Gasteiger partial charge in [0.25, 0.3) is 0 Å². The summed E-state index contributed by atoms with van der Waals surface area (Å²) in [5.41, 5.74) is 1.15. The normalized spacial score (nSPS) is 10.6. The zero-order valence-corrected chi connectivity index (χ0v) is 11.1. The predicted octanol–water partition coefficient (Wildman–Crippen LogP) is 2.20. The van der Waals surface area contributed by atoms with Crippen molar-refractivity contribution in [3.05, 3.63) is 34.9 Å². The average molecular weight is 255 g/mol. The highest BCUT2D eigenvalue weighted by molar-refractivity contribution is 6.30. The molecule has 0 aliphatic heterocycles. The Morgan fingerprint density at radius 2 is 2.12 bits per heavy atom. The SMILES string of the molecule is CC(C)C(=O)NCCNCc1cccc(Cl)c1. The standard InChI is InChI=1S/C13H19ClN2O/c1-10(2)13(17)16-7-6-15-9-11-4-3-5-12(14)8-11/h3-5,8,10,15H,6-7,9H2,1-2H3,(H,16,17). The highest BCUT2D eigenvalue weighted by Crippen LogP contribution is 2.09. The Balaban J connectivity index is 2.14. The Hall–Kier alpha value is -1.06. The number of halogens is 1. The first-order chi connectivity index (χ1) is 8.09. The zero-order chi connectivity index (χ0) is 12.7. The summed E-state index contributed by atoms with van der Waals surface area (Å²) in [4.78, 5) is 11.3. The lowest BCUT2D eigenvalue weighted by Gasteiger charge is -2.08. The van der Waals surface area contributed by atoms with Crippen molar-refractivity contribution in [2.24, 2.45) is 5.92 Å². The van der Waals surface area contributed by atoms with Crippen molar-refractivity contribution in [1.82, 2.24) is 10.6 Å². The van der Waals surface area contributed by atoms with E-state index in [1.807, 2.05) is 38.1 Å². The van der Waals surface area contributed by atoms with Crippen LogP contribution in [0.5, 0.6) is 0 Å². The fraction of sp³-hybridized carbons (Fsp3) is 0.462. The molecule has 1 amide bonds. The molecule has 0 unspecified atom stereocenters. The van der Waals surface area contributed by atoms with Crippen LogP contribution in [0, 0.1) is 5.92 Å². The fourth-order valence-electron chi connectivity index (χ4n) is 1.36. The van der Waals surface area contributed by atoms with Crippen molar-refractivity contribution in [3.63, 3.8) is 0 Å². The third-order valence-electron chi connectivity index (χ3n) is 2.34. The Bertz CT molecular complexity index is 366. The van der Waals surface area contributed by atoms with Crippen molar-refractivity contribution >= 4 is 17.5 Å². The monoisotopic (exact) mass is 254 g/mol. The highest BCUT2D eigenvalue weighted by atomic mass is 35.5. The smallest absolute Gasteiger partial charge is 0.222 e. The minimum absolute atomic E-state index is 0.0444. The molecule has 0 spiro atoms. The largest absolute Gasteiger partial charge is 0.355 e. The second-order valence-electron chi connectivity index (χ2n) is 4.25. The van der Waals surface area contributed by atoms with Crippen LogP contribution in [0.2, 0.25) is 5.02 Å². The van der Waals surface area contributed by atoms with Crippen LogP contribution in [-0.4, -0.2) is 19.0 Å². The van der Waals surface area contributed by atoms with E-state index >= 15 is 0 Å². The molecule has 1 aromatic carbocycles. The molecule has 0 saturated heterocycles. The number of amides is 1. The number of nitrogens with one attached hydrogen (secondary N) is 2. The van der Waals surface area contributed by atoms with Gasteiger partial charge in [-0.05, 0) is 17.7 Å². The van der Waals surface area contributed by atoms with Gasteiger partial charge < -0.3 is 10.6 Å². The van der Waals surface area contributed by atoms with Crippen molar-refractivity contribution in [2.45, 2.75) is 20.4 Å². The van der Waals surface area contributed by atoms with Gasteiger partial charge in [-0.25, -0.2) is 0 Å². The molecule has 0 atom stereocenters. The summed E-state index contributed by atoms with van der Waals surface area (Å²) >= 11 is 5.88. The summed E-state index contributed by atoms with van der Waals surface area (Å²) in [6.07, 6.45) is 0. The molecule has 17 heavy (non-hydrogen) atoms. The molecular weight excluding hydrogens is 236 g/mol. The van der Waals surface area contributed by atoms with Gasteiger partial charge in [0.2, 0.25) is 5.91 Å². The minimum atomic E-state index is 0.0444. The van der Waals surface area contributed by atoms with Gasteiger partial charge >= 0.3 is 0 Å². The van der Waals surface area contributed by atoms with Crippen molar-refractivity contribution in [2.75, 3.05) is 13.1 Å². The fourth-order valence-corrected chi connectivity index (χ4v) is 1.57. The zero-order valence-electron chi connectivity index (χ0n) is 10.3. The number of carbonyl (C=O) groups is 1. The molecule has 0 bridgehead atoms. The first-order valence-electron chi connectivity index (χ1n) is 5.82. The molecule has 94 valence electrons. The number of hydrogen-bond donors (Lipinski definition) is 2. The van der Waals surface area contributed by atoms with Gasteiger partial charge in [0.05, 0.1) is 0 Å². The minimum Gasteiger partial charge on any atom is -0.355 e. The van der Waals surface area contributed by atoms with Crippen molar-refractivity contribution in [3.8, 4) is 0 Å². The Labute approximate surface area is 108 Å². The van der Waals surface area contributed by atoms with E-state index in [0.29, 0.717) is 6.54 Å². The van der Waals surface area contributed by atoms with Crippen LogP contribution in [0.1, 0.15) is 19.4 Å². The molecule has 1 rings (SSSR count). The second-order valence-corrected chi connectivity index (χ2v) is 4.69. The number of rotatable bonds is 6. The van der Waals surface area contributed by atoms with Crippen molar-refractivity contribution in [1.29, 1.82) is 0 Å². The summed E-state index contributed by atoms with van der Waals surface area (Å²) in [6.45, 7) is 5.93. The summed E-state index contributed by atoms with van der Waals surface area (Å²) < 4.78 is 0. The number of hydrogen-bond acceptors (Lipinski definition) is 2. The van der Waals surface area contributed by atoms with E-state index < -0.39 is 0 Å². The molecule has 4 heteroatoms. The van der Waals surface area contributed by atoms with E-state index in [0.717, 1.165) is 23.7 Å². The van der Waals surface area contributed by atoms with Gasteiger partial charge in [-0.1, -0.05) is 37.6 Å². The molecule has 0 aromatic heterocycles. The predicted molar refractivity (Wildman–Crippen MR) is 71.0 cm³/mol. The number of carbonyl (C=O) groups excluding carboxylic acids is 1. The Morgan fingerprint density at radius 1 is 1.35 bits per heavy atom. The molecular formula is C13H19ClN2O. The molecule has 0 radical (unpaired) electrons. The molecule has 0 fully saturated rings. The molecule has 0 saturated carbocycles. The summed E-state index contributed by atoms with van der Waals surface area (Å²) in [5, 5.41) is 6.85. The van der Waals surface area contributed by atoms with Crippen LogP contribution in [0.25, 0.3) is 0 Å². The second kappa shape index (κ2) is 7.30. The maximum atomic E-state index is 11.3. The van der Waals surface area contributed by atoms with E-state index in [2.05, 4.69) is 10.6 Å². The van der Waals surface area contributed by atoms with E-state index in [9.17, 15) is 4.79 Å². The van der Waals surface area contributed by atoms with Gasteiger partial charge in [0.1, 0.15) is 0 Å². The maximum Gasteiger partial charge on any atom is 0.222 e. The van der Waals surface area contributed by atoms with E-state index in [1.165, 1.54) is 0 Å². The van der Waals surface area contributed by atoms with Crippen LogP contribution in [0.4, 0.5) is 0 Å². The van der Waals surface area contributed by atoms with Crippen LogP contribution in [0.15, 0.2) is 24.3 Å². The molecule has 2 N–H and O–H groups in total. The van der Waals surface area contributed by atoms with Crippen LogP contribution < -0.4 is 10.6 Å². The lowest BCUT2D eigenvalue weighted by atomic mass is 10.2. The Morgan fingerprint density at radius 3 is 2.76 bits per heavy atom. The van der Waals surface area contributed by atoms with E-state index in [-0.39, 0.29) is 11.8 Å². The summed E-state index contributed by atoms with van der Waals surface area (Å²) in [7, 11) is 0. The molecule has 0 aliphatic carbocycles. The third kappa shape index (κ3) is 5.71. The average Bonchev–Trinajstić information content (AvgIpc) is 2.28.